The van der Waals surface area contributed by atoms with Gasteiger partial charge in [0.1, 0.15) is 10.5 Å². The van der Waals surface area contributed by atoms with E-state index < -0.39 is 0 Å². The highest BCUT2D eigenvalue weighted by Gasteiger charge is 2.34. The normalized spacial score (nSPS) is 23.2. The quantitative estimate of drug-likeness (QED) is 0.634. The minimum Gasteiger partial charge on any atom is -0.308 e. The first kappa shape index (κ1) is 14.4. The van der Waals surface area contributed by atoms with Crippen LogP contribution in [0.4, 0.5) is 0 Å². The molecule has 6 nitrogen and oxygen atoms in total. The fraction of sp³-hybridized carbons (Fsp3) is 0.471. The number of rotatable bonds is 1. The van der Waals surface area contributed by atoms with Gasteiger partial charge in [-0.25, -0.2) is 4.98 Å². The molecule has 1 aliphatic carbocycles. The average molecular weight is 341 g/mol. The smallest absolute Gasteiger partial charge is 0.268 e. The first-order chi connectivity index (χ1) is 11.7. The molecule has 2 aliphatic rings. The number of aryl methyl sites for hydroxylation is 2. The third kappa shape index (κ3) is 1.94. The molecule has 1 atom stereocenters. The zero-order chi connectivity index (χ0) is 16.3. The largest absolute Gasteiger partial charge is 0.308 e. The molecule has 124 valence electrons. The number of nitrogens with zero attached hydrogens (tertiary/aromatic N) is 2. The number of fused-ring (bicyclic) bond motifs is 5. The van der Waals surface area contributed by atoms with Crippen molar-refractivity contribution in [1.82, 2.24) is 25.5 Å². The van der Waals surface area contributed by atoms with Crippen LogP contribution in [0.25, 0.3) is 20.7 Å². The molecular weight excluding hydrogens is 322 g/mol. The van der Waals surface area contributed by atoms with Gasteiger partial charge in [0, 0.05) is 16.6 Å². The van der Waals surface area contributed by atoms with Crippen LogP contribution in [0.3, 0.4) is 0 Å². The van der Waals surface area contributed by atoms with E-state index >= 15 is 0 Å². The van der Waals surface area contributed by atoms with Crippen molar-refractivity contribution in [2.75, 3.05) is 6.54 Å². The van der Waals surface area contributed by atoms with Crippen molar-refractivity contribution in [2.24, 2.45) is 0 Å². The molecule has 0 spiro atoms. The summed E-state index contributed by atoms with van der Waals surface area (Å²) in [6.07, 6.45) is 7.01. The highest BCUT2D eigenvalue weighted by Crippen LogP contribution is 2.41. The molecule has 1 fully saturated rings. The molecule has 7 heteroatoms. The van der Waals surface area contributed by atoms with Gasteiger partial charge in [0.05, 0.1) is 16.7 Å². The summed E-state index contributed by atoms with van der Waals surface area (Å²) in [6, 6.07) is 0. The van der Waals surface area contributed by atoms with E-state index in [0.717, 1.165) is 70.8 Å². The predicted octanol–water partition coefficient (Wildman–Crippen LogP) is 2.46. The SMILES string of the molecule is C[C@]1(c2nc3c4c(sc3c(=O)[nH]2)-c2c[nH]nc2CCC4)CCCN1. The highest BCUT2D eigenvalue weighted by atomic mass is 32.1. The van der Waals surface area contributed by atoms with Crippen LogP contribution in [-0.4, -0.2) is 26.7 Å². The second-order valence-electron chi connectivity index (χ2n) is 6.96. The van der Waals surface area contributed by atoms with Gasteiger partial charge in [-0.05, 0) is 51.1 Å². The lowest BCUT2D eigenvalue weighted by Crippen LogP contribution is -2.36. The number of H-pyrrole nitrogens is 2. The number of hydrogen-bond donors (Lipinski definition) is 3. The van der Waals surface area contributed by atoms with E-state index in [4.69, 9.17) is 4.98 Å². The van der Waals surface area contributed by atoms with Crippen LogP contribution < -0.4 is 10.9 Å². The Kier molecular flexibility index (Phi) is 2.99. The monoisotopic (exact) mass is 341 g/mol. The van der Waals surface area contributed by atoms with Gasteiger partial charge in [-0.15, -0.1) is 11.3 Å². The Bertz CT molecular complexity index is 992. The summed E-state index contributed by atoms with van der Waals surface area (Å²) in [5.74, 6) is 0.773. The molecule has 1 aliphatic heterocycles. The molecule has 24 heavy (non-hydrogen) atoms. The first-order valence-electron chi connectivity index (χ1n) is 8.50. The van der Waals surface area contributed by atoms with E-state index in [1.54, 1.807) is 11.3 Å². The second-order valence-corrected chi connectivity index (χ2v) is 7.98. The van der Waals surface area contributed by atoms with Crippen molar-refractivity contribution >= 4 is 21.6 Å². The molecule has 0 saturated carbocycles. The molecule has 0 aromatic carbocycles. The molecule has 3 aromatic rings. The van der Waals surface area contributed by atoms with Crippen LogP contribution in [0.2, 0.25) is 0 Å². The van der Waals surface area contributed by atoms with Gasteiger partial charge in [-0.2, -0.15) is 5.10 Å². The topological polar surface area (TPSA) is 86.5 Å². The van der Waals surface area contributed by atoms with Crippen LogP contribution in [0.1, 0.15) is 43.3 Å². The molecule has 0 amide bonds. The van der Waals surface area contributed by atoms with E-state index in [1.807, 2.05) is 6.20 Å². The third-order valence-corrected chi connectivity index (χ3v) is 6.59. The second kappa shape index (κ2) is 5.00. The lowest BCUT2D eigenvalue weighted by Gasteiger charge is -2.22. The summed E-state index contributed by atoms with van der Waals surface area (Å²) in [5.41, 5.74) is 4.08. The van der Waals surface area contributed by atoms with Gasteiger partial charge < -0.3 is 10.3 Å². The molecule has 4 heterocycles. The van der Waals surface area contributed by atoms with Crippen LogP contribution in [-0.2, 0) is 18.4 Å². The zero-order valence-corrected chi connectivity index (χ0v) is 14.3. The molecule has 5 rings (SSSR count). The molecule has 3 aromatic heterocycles. The fourth-order valence-corrected chi connectivity index (χ4v) is 5.20. The highest BCUT2D eigenvalue weighted by molar-refractivity contribution is 7.22. The van der Waals surface area contributed by atoms with E-state index in [9.17, 15) is 4.79 Å². The maximum Gasteiger partial charge on any atom is 0.268 e. The Morgan fingerprint density at radius 3 is 3.04 bits per heavy atom. The Hall–Kier alpha value is -1.99. The molecular formula is C17H19N5OS. The molecule has 0 radical (unpaired) electrons. The van der Waals surface area contributed by atoms with E-state index in [-0.39, 0.29) is 11.1 Å². The number of hydrogen-bond acceptors (Lipinski definition) is 5. The van der Waals surface area contributed by atoms with Crippen molar-refractivity contribution in [1.29, 1.82) is 0 Å². The number of aromatic nitrogens is 4. The summed E-state index contributed by atoms with van der Waals surface area (Å²) in [6.45, 7) is 3.10. The molecule has 0 unspecified atom stereocenters. The van der Waals surface area contributed by atoms with E-state index in [0.29, 0.717) is 0 Å². The Labute approximate surface area is 142 Å². The van der Waals surface area contributed by atoms with Crippen molar-refractivity contribution in [3.05, 3.63) is 33.6 Å². The fourth-order valence-electron chi connectivity index (χ4n) is 3.98. The van der Waals surface area contributed by atoms with E-state index in [2.05, 4.69) is 27.4 Å². The Morgan fingerprint density at radius 1 is 1.29 bits per heavy atom. The van der Waals surface area contributed by atoms with Crippen molar-refractivity contribution in [3.63, 3.8) is 0 Å². The van der Waals surface area contributed by atoms with Crippen LogP contribution in [0.5, 0.6) is 0 Å². The predicted molar refractivity (Wildman–Crippen MR) is 94.4 cm³/mol. The third-order valence-electron chi connectivity index (χ3n) is 5.34. The average Bonchev–Trinajstić information content (AvgIpc) is 3.26. The minimum absolute atomic E-state index is 0.0203. The lowest BCUT2D eigenvalue weighted by molar-refractivity contribution is 0.407. The number of nitrogens with one attached hydrogen (secondary N) is 3. The van der Waals surface area contributed by atoms with Crippen LogP contribution in [0, 0.1) is 0 Å². The number of thiophene rings is 1. The first-order valence-corrected chi connectivity index (χ1v) is 9.31. The summed E-state index contributed by atoms with van der Waals surface area (Å²) < 4.78 is 0.736. The van der Waals surface area contributed by atoms with Gasteiger partial charge in [0.25, 0.3) is 5.56 Å². The van der Waals surface area contributed by atoms with Crippen molar-refractivity contribution < 1.29 is 0 Å². The van der Waals surface area contributed by atoms with Gasteiger partial charge in [0.15, 0.2) is 0 Å². The lowest BCUT2D eigenvalue weighted by atomic mass is 9.99. The van der Waals surface area contributed by atoms with E-state index in [1.165, 1.54) is 5.56 Å². The van der Waals surface area contributed by atoms with Gasteiger partial charge in [-0.1, -0.05) is 0 Å². The van der Waals surface area contributed by atoms with Gasteiger partial charge in [-0.3, -0.25) is 9.89 Å². The van der Waals surface area contributed by atoms with Gasteiger partial charge in [0.2, 0.25) is 0 Å². The Balaban J connectivity index is 1.78. The minimum atomic E-state index is -0.228. The summed E-state index contributed by atoms with van der Waals surface area (Å²) in [7, 11) is 0. The molecule has 0 bridgehead atoms. The standard InChI is InChI=1S/C17H19N5OS/c1-17(6-3-7-18-17)16-20-12-9-4-2-5-11-10(8-19-22-11)13(9)24-14(12)15(23)21-16/h8,18H,2-7H2,1H3,(H,19,22)(H,20,21,23)/t17-/m1/s1. The summed E-state index contributed by atoms with van der Waals surface area (Å²) >= 11 is 1.55. The summed E-state index contributed by atoms with van der Waals surface area (Å²) in [4.78, 5) is 21.8. The maximum absolute atomic E-state index is 12.7. The van der Waals surface area contributed by atoms with Crippen molar-refractivity contribution in [2.45, 2.75) is 44.6 Å². The number of aromatic amines is 2. The Morgan fingerprint density at radius 2 is 2.21 bits per heavy atom. The van der Waals surface area contributed by atoms with Crippen molar-refractivity contribution in [3.8, 4) is 10.4 Å². The maximum atomic E-state index is 12.7. The molecule has 1 saturated heterocycles. The van der Waals surface area contributed by atoms with Crippen LogP contribution in [0.15, 0.2) is 11.0 Å². The zero-order valence-electron chi connectivity index (χ0n) is 13.5. The van der Waals surface area contributed by atoms with Gasteiger partial charge >= 0.3 is 0 Å². The summed E-state index contributed by atoms with van der Waals surface area (Å²) in [5, 5.41) is 10.8. The molecule has 3 N–H and O–H groups in total. The van der Waals surface area contributed by atoms with Crippen LogP contribution >= 0.6 is 11.3 Å².